The Bertz CT molecular complexity index is 466. The summed E-state index contributed by atoms with van der Waals surface area (Å²) >= 11 is 3.51. The fraction of sp³-hybridized carbons (Fsp3) is 0.500. The molecular formula is C14H23N3OS2. The van der Waals surface area contributed by atoms with E-state index in [4.69, 9.17) is 10.9 Å². The highest BCUT2D eigenvalue weighted by molar-refractivity contribution is 7.99. The molecule has 0 saturated carbocycles. The molecule has 0 fully saturated rings. The molecule has 3 N–H and O–H groups in total. The van der Waals surface area contributed by atoms with Crippen molar-refractivity contribution in [2.45, 2.75) is 24.8 Å². The van der Waals surface area contributed by atoms with Crippen LogP contribution in [-0.2, 0) is 0 Å². The Hall–Kier alpha value is -1.01. The van der Waals surface area contributed by atoms with E-state index in [2.05, 4.69) is 30.2 Å². The molecular weight excluding hydrogens is 290 g/mol. The Labute approximate surface area is 129 Å². The van der Waals surface area contributed by atoms with Crippen molar-refractivity contribution in [3.63, 3.8) is 0 Å². The third-order valence-corrected chi connectivity index (χ3v) is 4.87. The minimum atomic E-state index is 0.166. The minimum Gasteiger partial charge on any atom is -0.409 e. The number of nitrogens with zero attached hydrogens (tertiary/aromatic N) is 2. The van der Waals surface area contributed by atoms with Crippen LogP contribution in [0, 0.1) is 0 Å². The average molecular weight is 313 g/mol. The van der Waals surface area contributed by atoms with Crippen LogP contribution < -0.4 is 10.6 Å². The van der Waals surface area contributed by atoms with Crippen LogP contribution in [-0.4, -0.2) is 41.9 Å². The zero-order valence-corrected chi connectivity index (χ0v) is 14.1. The quantitative estimate of drug-likeness (QED) is 0.266. The summed E-state index contributed by atoms with van der Waals surface area (Å²) in [6.07, 6.45) is 2.10. The molecule has 1 aromatic rings. The van der Waals surface area contributed by atoms with Crippen LogP contribution in [0.4, 0.5) is 5.69 Å². The molecule has 0 aliphatic rings. The molecule has 1 unspecified atom stereocenters. The van der Waals surface area contributed by atoms with E-state index >= 15 is 0 Å². The molecule has 0 heterocycles. The molecule has 0 saturated heterocycles. The molecule has 0 aliphatic heterocycles. The van der Waals surface area contributed by atoms with E-state index in [0.717, 1.165) is 27.7 Å². The Morgan fingerprint density at radius 2 is 2.20 bits per heavy atom. The predicted octanol–water partition coefficient (Wildman–Crippen LogP) is 3.08. The number of anilines is 1. The summed E-state index contributed by atoms with van der Waals surface area (Å²) in [5.74, 6) is 2.14. The molecule has 1 aromatic carbocycles. The highest BCUT2D eigenvalue weighted by atomic mass is 32.2. The summed E-state index contributed by atoms with van der Waals surface area (Å²) in [5.41, 5.74) is 7.71. The maximum atomic E-state index is 9.06. The molecule has 0 aliphatic carbocycles. The average Bonchev–Trinajstić information content (AvgIpc) is 2.46. The third kappa shape index (κ3) is 3.99. The first-order valence-electron chi connectivity index (χ1n) is 6.52. The molecule has 0 aromatic heterocycles. The van der Waals surface area contributed by atoms with Gasteiger partial charge in [-0.05, 0) is 31.1 Å². The van der Waals surface area contributed by atoms with Gasteiger partial charge in [-0.15, -0.1) is 11.8 Å². The van der Waals surface area contributed by atoms with Gasteiger partial charge < -0.3 is 15.8 Å². The van der Waals surface area contributed by atoms with Crippen molar-refractivity contribution in [2.75, 3.05) is 29.7 Å². The predicted molar refractivity (Wildman–Crippen MR) is 91.6 cm³/mol. The van der Waals surface area contributed by atoms with E-state index in [0.29, 0.717) is 6.04 Å². The number of hydrogen-bond donors (Lipinski definition) is 2. The number of benzene rings is 1. The fourth-order valence-corrected chi connectivity index (χ4v) is 3.53. The Morgan fingerprint density at radius 3 is 2.75 bits per heavy atom. The summed E-state index contributed by atoms with van der Waals surface area (Å²) in [6, 6.07) is 6.42. The largest absolute Gasteiger partial charge is 0.409 e. The van der Waals surface area contributed by atoms with Crippen molar-refractivity contribution in [3.05, 3.63) is 23.8 Å². The fourth-order valence-electron chi connectivity index (χ4n) is 1.99. The lowest BCUT2D eigenvalue weighted by Gasteiger charge is -2.29. The molecule has 20 heavy (non-hydrogen) atoms. The van der Waals surface area contributed by atoms with Crippen molar-refractivity contribution >= 4 is 35.0 Å². The van der Waals surface area contributed by atoms with Crippen molar-refractivity contribution in [1.29, 1.82) is 0 Å². The number of amidine groups is 1. The first kappa shape index (κ1) is 17.0. The van der Waals surface area contributed by atoms with E-state index < -0.39 is 0 Å². The van der Waals surface area contributed by atoms with Crippen LogP contribution in [0.3, 0.4) is 0 Å². The van der Waals surface area contributed by atoms with E-state index in [9.17, 15) is 0 Å². The molecule has 112 valence electrons. The highest BCUT2D eigenvalue weighted by Gasteiger charge is 2.18. The molecule has 4 nitrogen and oxygen atoms in total. The maximum absolute atomic E-state index is 9.06. The van der Waals surface area contributed by atoms with Gasteiger partial charge in [-0.3, -0.25) is 0 Å². The molecule has 0 spiro atoms. The Morgan fingerprint density at radius 1 is 1.50 bits per heavy atom. The SMILES string of the molecule is CCSc1cccc(N(C)C(C)CSC)c1/C(N)=N/O. The summed E-state index contributed by atoms with van der Waals surface area (Å²) < 4.78 is 0. The molecule has 1 rings (SSSR count). The second-order valence-corrected chi connectivity index (χ2v) is 6.70. The second-order valence-electron chi connectivity index (χ2n) is 4.48. The lowest BCUT2D eigenvalue weighted by atomic mass is 10.1. The number of hydrogen-bond acceptors (Lipinski definition) is 5. The third-order valence-electron chi connectivity index (χ3n) is 3.12. The molecule has 1 atom stereocenters. The lowest BCUT2D eigenvalue weighted by Crippen LogP contribution is -2.33. The van der Waals surface area contributed by atoms with Gasteiger partial charge in [0.15, 0.2) is 5.84 Å². The van der Waals surface area contributed by atoms with E-state index in [-0.39, 0.29) is 5.84 Å². The summed E-state index contributed by atoms with van der Waals surface area (Å²) in [4.78, 5) is 3.23. The van der Waals surface area contributed by atoms with Gasteiger partial charge in [0, 0.05) is 29.4 Å². The van der Waals surface area contributed by atoms with Gasteiger partial charge in [-0.2, -0.15) is 11.8 Å². The van der Waals surface area contributed by atoms with Gasteiger partial charge in [0.25, 0.3) is 0 Å². The molecule has 0 bridgehead atoms. The zero-order chi connectivity index (χ0) is 15.1. The summed E-state index contributed by atoms with van der Waals surface area (Å²) in [7, 11) is 2.05. The number of nitrogens with two attached hydrogens (primary N) is 1. The van der Waals surface area contributed by atoms with Gasteiger partial charge in [0.2, 0.25) is 0 Å². The standard InChI is InChI=1S/C14H23N3OS2/c1-5-20-12-8-6-7-11(13(12)14(15)16-18)17(3)10(2)9-19-4/h6-8,10,18H,5,9H2,1-4H3,(H2,15,16). The topological polar surface area (TPSA) is 61.8 Å². The van der Waals surface area contributed by atoms with Crippen molar-refractivity contribution in [2.24, 2.45) is 10.9 Å². The van der Waals surface area contributed by atoms with Gasteiger partial charge in [-0.25, -0.2) is 0 Å². The normalized spacial score (nSPS) is 13.3. The van der Waals surface area contributed by atoms with Crippen LogP contribution >= 0.6 is 23.5 Å². The minimum absolute atomic E-state index is 0.166. The van der Waals surface area contributed by atoms with E-state index in [1.807, 2.05) is 37.0 Å². The molecule has 6 heteroatoms. The van der Waals surface area contributed by atoms with E-state index in [1.165, 1.54) is 0 Å². The number of rotatable bonds is 7. The van der Waals surface area contributed by atoms with Crippen molar-refractivity contribution < 1.29 is 5.21 Å². The van der Waals surface area contributed by atoms with Crippen LogP contribution in [0.25, 0.3) is 0 Å². The monoisotopic (exact) mass is 313 g/mol. The summed E-state index contributed by atoms with van der Waals surface area (Å²) in [5, 5.41) is 12.3. The van der Waals surface area contributed by atoms with Crippen molar-refractivity contribution in [1.82, 2.24) is 0 Å². The zero-order valence-electron chi connectivity index (χ0n) is 12.5. The highest BCUT2D eigenvalue weighted by Crippen LogP contribution is 2.31. The number of oxime groups is 1. The number of thioether (sulfide) groups is 2. The smallest absolute Gasteiger partial charge is 0.173 e. The van der Waals surface area contributed by atoms with Gasteiger partial charge in [-0.1, -0.05) is 18.1 Å². The van der Waals surface area contributed by atoms with Crippen LogP contribution in [0.15, 0.2) is 28.3 Å². The van der Waals surface area contributed by atoms with Crippen LogP contribution in [0.5, 0.6) is 0 Å². The van der Waals surface area contributed by atoms with Crippen LogP contribution in [0.1, 0.15) is 19.4 Å². The Kier molecular flexibility index (Phi) is 7.09. The summed E-state index contributed by atoms with van der Waals surface area (Å²) in [6.45, 7) is 4.26. The molecule has 0 amide bonds. The van der Waals surface area contributed by atoms with Gasteiger partial charge in [0.05, 0.1) is 5.56 Å². The Balaban J connectivity index is 3.27. The molecule has 0 radical (unpaired) electrons. The van der Waals surface area contributed by atoms with Gasteiger partial charge >= 0.3 is 0 Å². The van der Waals surface area contributed by atoms with Crippen LogP contribution in [0.2, 0.25) is 0 Å². The first-order valence-corrected chi connectivity index (χ1v) is 8.90. The van der Waals surface area contributed by atoms with Gasteiger partial charge in [0.1, 0.15) is 0 Å². The van der Waals surface area contributed by atoms with Crippen molar-refractivity contribution in [3.8, 4) is 0 Å². The first-order chi connectivity index (χ1) is 9.56. The second kappa shape index (κ2) is 8.32. The maximum Gasteiger partial charge on any atom is 0.173 e. The lowest BCUT2D eigenvalue weighted by molar-refractivity contribution is 0.318. The van der Waals surface area contributed by atoms with E-state index in [1.54, 1.807) is 11.8 Å².